The Morgan fingerprint density at radius 2 is 1.77 bits per heavy atom. The molecule has 1 N–H and O–H groups in total. The van der Waals surface area contributed by atoms with Crippen LogP contribution < -0.4 is 10.2 Å². The number of halogens is 3. The molecule has 1 aromatic carbocycles. The SMILES string of the molecule is O=C(N[C@H]1CC[C@H](CN2C(=O)C3(CCN(C(=O)C4CC4)CC3)c3ccccc32)CC1)c1cc(Cl)cnc1C(F)F. The summed E-state index contributed by atoms with van der Waals surface area (Å²) < 4.78 is 26.7. The first-order chi connectivity index (χ1) is 19.3. The number of rotatable bonds is 6. The summed E-state index contributed by atoms with van der Waals surface area (Å²) in [4.78, 5) is 46.9. The predicted molar refractivity (Wildman–Crippen MR) is 146 cm³/mol. The zero-order valence-corrected chi connectivity index (χ0v) is 23.0. The molecule has 3 amide bonds. The minimum absolute atomic E-state index is 0.131. The van der Waals surface area contributed by atoms with Crippen LogP contribution in [0, 0.1) is 11.8 Å². The number of nitrogens with one attached hydrogen (secondary N) is 1. The highest BCUT2D eigenvalue weighted by Crippen LogP contribution is 2.49. The van der Waals surface area contributed by atoms with Gasteiger partial charge in [0.05, 0.1) is 16.0 Å². The average Bonchev–Trinajstić information content (AvgIpc) is 3.79. The largest absolute Gasteiger partial charge is 0.349 e. The number of carbonyl (C=O) groups excluding carboxylic acids is 3. The Hall–Kier alpha value is -3.07. The molecule has 3 heterocycles. The highest BCUT2D eigenvalue weighted by molar-refractivity contribution is 6.30. The van der Waals surface area contributed by atoms with Gasteiger partial charge in [-0.2, -0.15) is 0 Å². The normalized spacial score (nSPS) is 23.9. The Balaban J connectivity index is 1.09. The van der Waals surface area contributed by atoms with Crippen molar-refractivity contribution in [2.24, 2.45) is 11.8 Å². The second kappa shape index (κ2) is 10.7. The number of anilines is 1. The van der Waals surface area contributed by atoms with Crippen LogP contribution in [0.4, 0.5) is 14.5 Å². The molecular weight excluding hydrogens is 538 g/mol. The first kappa shape index (κ1) is 27.1. The van der Waals surface area contributed by atoms with Gasteiger partial charge in [-0.25, -0.2) is 8.78 Å². The van der Waals surface area contributed by atoms with Crippen molar-refractivity contribution in [3.05, 3.63) is 58.4 Å². The highest BCUT2D eigenvalue weighted by Gasteiger charge is 2.53. The predicted octanol–water partition coefficient (Wildman–Crippen LogP) is 5.28. The van der Waals surface area contributed by atoms with E-state index in [0.29, 0.717) is 45.3 Å². The fourth-order valence-electron chi connectivity index (χ4n) is 6.77. The third-order valence-corrected chi connectivity index (χ3v) is 9.39. The molecule has 0 bridgehead atoms. The van der Waals surface area contributed by atoms with E-state index in [1.807, 2.05) is 28.0 Å². The first-order valence-corrected chi connectivity index (χ1v) is 14.6. The highest BCUT2D eigenvalue weighted by atomic mass is 35.5. The van der Waals surface area contributed by atoms with Gasteiger partial charge in [-0.05, 0) is 75.0 Å². The van der Waals surface area contributed by atoms with Crippen molar-refractivity contribution in [3.8, 4) is 0 Å². The third-order valence-electron chi connectivity index (χ3n) is 9.18. The van der Waals surface area contributed by atoms with E-state index in [9.17, 15) is 23.2 Å². The number of likely N-dealkylation sites (tertiary alicyclic amines) is 1. The van der Waals surface area contributed by atoms with Crippen LogP contribution in [0.3, 0.4) is 0 Å². The van der Waals surface area contributed by atoms with Gasteiger partial charge < -0.3 is 15.1 Å². The summed E-state index contributed by atoms with van der Waals surface area (Å²) in [6.07, 6.45) is 4.51. The quantitative estimate of drug-likeness (QED) is 0.512. The number of piperidine rings is 1. The maximum atomic E-state index is 14.0. The van der Waals surface area contributed by atoms with E-state index in [1.54, 1.807) is 0 Å². The van der Waals surface area contributed by atoms with Gasteiger partial charge in [0.15, 0.2) is 0 Å². The van der Waals surface area contributed by atoms with E-state index in [4.69, 9.17) is 11.6 Å². The van der Waals surface area contributed by atoms with E-state index < -0.39 is 23.4 Å². The van der Waals surface area contributed by atoms with Crippen molar-refractivity contribution in [2.75, 3.05) is 24.5 Å². The molecule has 4 aliphatic rings. The number of pyridine rings is 1. The van der Waals surface area contributed by atoms with Crippen molar-refractivity contribution >= 4 is 35.0 Å². The number of hydrogen-bond acceptors (Lipinski definition) is 4. The fourth-order valence-corrected chi connectivity index (χ4v) is 6.93. The number of hydrogen-bond donors (Lipinski definition) is 1. The monoisotopic (exact) mass is 570 g/mol. The van der Waals surface area contributed by atoms with Crippen molar-refractivity contribution in [3.63, 3.8) is 0 Å². The zero-order chi connectivity index (χ0) is 28.0. The maximum Gasteiger partial charge on any atom is 0.281 e. The Labute approximate surface area is 237 Å². The molecule has 2 aromatic rings. The molecular formula is C30H33ClF2N4O3. The molecule has 2 aliphatic carbocycles. The molecule has 0 atom stereocenters. The van der Waals surface area contributed by atoms with E-state index in [-0.39, 0.29) is 40.3 Å². The molecule has 0 radical (unpaired) electrons. The minimum Gasteiger partial charge on any atom is -0.349 e. The number of amides is 3. The lowest BCUT2D eigenvalue weighted by Crippen LogP contribution is -2.51. The van der Waals surface area contributed by atoms with Crippen LogP contribution in [-0.4, -0.2) is 53.3 Å². The molecule has 1 saturated heterocycles. The van der Waals surface area contributed by atoms with Crippen LogP contribution in [0.5, 0.6) is 0 Å². The molecule has 212 valence electrons. The van der Waals surface area contributed by atoms with Gasteiger partial charge in [-0.15, -0.1) is 0 Å². The molecule has 40 heavy (non-hydrogen) atoms. The van der Waals surface area contributed by atoms with Crippen LogP contribution in [-0.2, 0) is 15.0 Å². The van der Waals surface area contributed by atoms with Gasteiger partial charge in [0, 0.05) is 43.5 Å². The van der Waals surface area contributed by atoms with Gasteiger partial charge in [0.1, 0.15) is 5.69 Å². The van der Waals surface area contributed by atoms with E-state index in [1.165, 1.54) is 6.07 Å². The van der Waals surface area contributed by atoms with Gasteiger partial charge in [-0.1, -0.05) is 29.8 Å². The standard InChI is InChI=1S/C30H33ClF2N4O3/c31-20-15-22(25(26(32)33)34-16-20)27(38)35-21-9-5-18(6-10-21)17-37-24-4-2-1-3-23(24)30(29(37)40)11-13-36(14-12-30)28(39)19-7-8-19/h1-4,15-16,18-19,21,26H,5-14,17H2,(H,35,38)/t18-,21-. The molecule has 1 aromatic heterocycles. The molecule has 10 heteroatoms. The summed E-state index contributed by atoms with van der Waals surface area (Å²) in [5, 5.41) is 3.02. The number of benzene rings is 1. The van der Waals surface area contributed by atoms with Gasteiger partial charge >= 0.3 is 0 Å². The summed E-state index contributed by atoms with van der Waals surface area (Å²) in [5.41, 5.74) is 0.704. The summed E-state index contributed by atoms with van der Waals surface area (Å²) in [7, 11) is 0. The summed E-state index contributed by atoms with van der Waals surface area (Å²) in [6, 6.07) is 9.13. The van der Waals surface area contributed by atoms with Gasteiger partial charge in [-0.3, -0.25) is 19.4 Å². The van der Waals surface area contributed by atoms with Crippen LogP contribution in [0.1, 0.15) is 79.4 Å². The lowest BCUT2D eigenvalue weighted by molar-refractivity contribution is -0.136. The minimum atomic E-state index is -2.87. The van der Waals surface area contributed by atoms with E-state index >= 15 is 0 Å². The molecule has 0 unspecified atom stereocenters. The second-order valence-corrected chi connectivity index (χ2v) is 12.1. The Morgan fingerprint density at radius 1 is 1.07 bits per heavy atom. The summed E-state index contributed by atoms with van der Waals surface area (Å²) in [5.74, 6) is 0.236. The van der Waals surface area contributed by atoms with E-state index in [2.05, 4.69) is 16.4 Å². The number of fused-ring (bicyclic) bond motifs is 2. The maximum absolute atomic E-state index is 14.0. The molecule has 2 aliphatic heterocycles. The zero-order valence-electron chi connectivity index (χ0n) is 22.3. The lowest BCUT2D eigenvalue weighted by atomic mass is 9.73. The third kappa shape index (κ3) is 4.97. The molecule has 6 rings (SSSR count). The Morgan fingerprint density at radius 3 is 2.45 bits per heavy atom. The van der Waals surface area contributed by atoms with Crippen LogP contribution in [0.2, 0.25) is 5.02 Å². The van der Waals surface area contributed by atoms with Crippen molar-refractivity contribution in [1.82, 2.24) is 15.2 Å². The number of aromatic nitrogens is 1. The molecule has 1 spiro atoms. The summed E-state index contributed by atoms with van der Waals surface area (Å²) >= 11 is 5.91. The number of para-hydroxylation sites is 1. The summed E-state index contributed by atoms with van der Waals surface area (Å²) in [6.45, 7) is 1.84. The van der Waals surface area contributed by atoms with Crippen LogP contribution >= 0.6 is 11.6 Å². The topological polar surface area (TPSA) is 82.6 Å². The van der Waals surface area contributed by atoms with Crippen LogP contribution in [0.15, 0.2) is 36.5 Å². The van der Waals surface area contributed by atoms with E-state index in [0.717, 1.165) is 43.1 Å². The van der Waals surface area contributed by atoms with Crippen molar-refractivity contribution in [1.29, 1.82) is 0 Å². The first-order valence-electron chi connectivity index (χ1n) is 14.2. The van der Waals surface area contributed by atoms with Crippen molar-refractivity contribution < 1.29 is 23.2 Å². The lowest BCUT2D eigenvalue weighted by Gasteiger charge is -2.39. The van der Waals surface area contributed by atoms with Gasteiger partial charge in [0.2, 0.25) is 11.8 Å². The molecule has 2 saturated carbocycles. The fraction of sp³-hybridized carbons (Fsp3) is 0.533. The number of carbonyl (C=O) groups is 3. The number of alkyl halides is 2. The Kier molecular flexibility index (Phi) is 7.27. The van der Waals surface area contributed by atoms with Crippen LogP contribution in [0.25, 0.3) is 0 Å². The average molecular weight is 571 g/mol. The smallest absolute Gasteiger partial charge is 0.281 e. The Bertz CT molecular complexity index is 1320. The second-order valence-electron chi connectivity index (χ2n) is 11.7. The molecule has 7 nitrogen and oxygen atoms in total. The number of nitrogens with zero attached hydrogens (tertiary/aromatic N) is 3. The van der Waals surface area contributed by atoms with Crippen molar-refractivity contribution in [2.45, 2.75) is 69.2 Å². The molecule has 3 fully saturated rings. The van der Waals surface area contributed by atoms with Gasteiger partial charge in [0.25, 0.3) is 12.3 Å².